The van der Waals surface area contributed by atoms with Gasteiger partial charge in [-0.15, -0.1) is 0 Å². The average molecular weight is 429 g/mol. The number of nitrogens with zero attached hydrogens (tertiary/aromatic N) is 1. The normalized spacial score (nSPS) is 11.4. The highest BCUT2D eigenvalue weighted by atomic mass is 79.9. The average Bonchev–Trinajstić information content (AvgIpc) is 3.13. The van der Waals surface area contributed by atoms with E-state index < -0.39 is 0 Å². The van der Waals surface area contributed by atoms with Crippen LogP contribution in [0.5, 0.6) is 0 Å². The molecule has 4 aromatic rings. The Morgan fingerprint density at radius 2 is 1.30 bits per heavy atom. The first-order valence-electron chi connectivity index (χ1n) is 7.10. The van der Waals surface area contributed by atoms with E-state index in [9.17, 15) is 5.26 Å². The minimum atomic E-state index is -0.332. The maximum absolute atomic E-state index is 9.83. The van der Waals surface area contributed by atoms with Gasteiger partial charge in [0.05, 0.1) is 6.07 Å². The molecular formula is C18H11Br2N3. The lowest BCUT2D eigenvalue weighted by atomic mass is 9.92. The van der Waals surface area contributed by atoms with Crippen LogP contribution in [0.2, 0.25) is 0 Å². The molecule has 2 heterocycles. The molecule has 3 nitrogen and oxygen atoms in total. The van der Waals surface area contributed by atoms with Crippen molar-refractivity contribution in [3.8, 4) is 6.07 Å². The third kappa shape index (κ3) is 2.39. The van der Waals surface area contributed by atoms with Gasteiger partial charge in [-0.05, 0) is 47.5 Å². The van der Waals surface area contributed by atoms with E-state index in [1.54, 1.807) is 0 Å². The minimum absolute atomic E-state index is 0.332. The Kier molecular flexibility index (Phi) is 3.51. The number of nitrogens with one attached hydrogen (secondary N) is 2. The van der Waals surface area contributed by atoms with Gasteiger partial charge in [-0.25, -0.2) is 0 Å². The Bertz CT molecular complexity index is 989. The minimum Gasteiger partial charge on any atom is -0.361 e. The SMILES string of the molecule is N#CC(c1c[nH]c2ccc(Br)cc12)c1c[nH]c2ccc(Br)cc12. The molecule has 5 heteroatoms. The van der Waals surface area contributed by atoms with Crippen molar-refractivity contribution in [1.82, 2.24) is 9.97 Å². The smallest absolute Gasteiger partial charge is 0.100 e. The predicted molar refractivity (Wildman–Crippen MR) is 99.5 cm³/mol. The van der Waals surface area contributed by atoms with Gasteiger partial charge in [-0.2, -0.15) is 5.26 Å². The van der Waals surface area contributed by atoms with Crippen LogP contribution in [0.1, 0.15) is 17.0 Å². The third-order valence-electron chi connectivity index (χ3n) is 4.10. The maximum atomic E-state index is 9.83. The van der Waals surface area contributed by atoms with E-state index in [1.807, 2.05) is 36.7 Å². The monoisotopic (exact) mass is 427 g/mol. The zero-order valence-corrected chi connectivity index (χ0v) is 15.1. The number of hydrogen-bond acceptors (Lipinski definition) is 1. The van der Waals surface area contributed by atoms with Crippen LogP contribution in [0, 0.1) is 11.3 Å². The summed E-state index contributed by atoms with van der Waals surface area (Å²) in [5, 5.41) is 12.0. The van der Waals surface area contributed by atoms with Crippen molar-refractivity contribution in [2.24, 2.45) is 0 Å². The number of hydrogen-bond donors (Lipinski definition) is 2. The molecule has 112 valence electrons. The number of H-pyrrole nitrogens is 2. The van der Waals surface area contributed by atoms with Crippen LogP contribution < -0.4 is 0 Å². The zero-order chi connectivity index (χ0) is 16.0. The van der Waals surface area contributed by atoms with Crippen LogP contribution >= 0.6 is 31.9 Å². The van der Waals surface area contributed by atoms with E-state index in [2.05, 4.69) is 60.0 Å². The summed E-state index contributed by atoms with van der Waals surface area (Å²) >= 11 is 7.02. The first kappa shape index (κ1) is 14.6. The van der Waals surface area contributed by atoms with Gasteiger partial charge in [0.2, 0.25) is 0 Å². The predicted octanol–water partition coefficient (Wildman–Crippen LogP) is 5.83. The molecular weight excluding hydrogens is 418 g/mol. The Hall–Kier alpha value is -2.03. The first-order chi connectivity index (χ1) is 11.2. The molecule has 0 saturated heterocycles. The quantitative estimate of drug-likeness (QED) is 0.414. The Balaban J connectivity index is 1.95. The molecule has 2 aromatic carbocycles. The molecule has 2 N–H and O–H groups in total. The zero-order valence-electron chi connectivity index (χ0n) is 11.9. The number of halogens is 2. The molecule has 0 bridgehead atoms. The molecule has 0 radical (unpaired) electrons. The summed E-state index contributed by atoms with van der Waals surface area (Å²) in [6.45, 7) is 0. The van der Waals surface area contributed by atoms with Crippen molar-refractivity contribution < 1.29 is 0 Å². The van der Waals surface area contributed by atoms with E-state index in [4.69, 9.17) is 0 Å². The first-order valence-corrected chi connectivity index (χ1v) is 8.68. The second-order valence-corrected chi connectivity index (χ2v) is 7.26. The summed E-state index contributed by atoms with van der Waals surface area (Å²) in [5.74, 6) is -0.332. The van der Waals surface area contributed by atoms with E-state index in [0.717, 1.165) is 41.9 Å². The van der Waals surface area contributed by atoms with Crippen molar-refractivity contribution in [3.05, 3.63) is 68.9 Å². The molecule has 23 heavy (non-hydrogen) atoms. The summed E-state index contributed by atoms with van der Waals surface area (Å²) in [6.07, 6.45) is 3.86. The fourth-order valence-electron chi connectivity index (χ4n) is 3.01. The highest BCUT2D eigenvalue weighted by Gasteiger charge is 2.21. The maximum Gasteiger partial charge on any atom is 0.100 e. The van der Waals surface area contributed by atoms with Gasteiger partial charge in [0.15, 0.2) is 0 Å². The van der Waals surface area contributed by atoms with Crippen LogP contribution in [-0.4, -0.2) is 9.97 Å². The number of fused-ring (bicyclic) bond motifs is 2. The molecule has 2 aromatic heterocycles. The van der Waals surface area contributed by atoms with E-state index in [1.165, 1.54) is 0 Å². The van der Waals surface area contributed by atoms with Crippen molar-refractivity contribution in [2.75, 3.05) is 0 Å². The molecule has 4 rings (SSSR count). The molecule has 0 aliphatic rings. The lowest BCUT2D eigenvalue weighted by molar-refractivity contribution is 1.06. The van der Waals surface area contributed by atoms with Gasteiger partial charge in [0, 0.05) is 43.1 Å². The lowest BCUT2D eigenvalue weighted by Crippen LogP contribution is -1.96. The van der Waals surface area contributed by atoms with E-state index in [0.29, 0.717) is 0 Å². The summed E-state index contributed by atoms with van der Waals surface area (Å²) in [4.78, 5) is 6.52. The highest BCUT2D eigenvalue weighted by Crippen LogP contribution is 2.36. The molecule has 0 amide bonds. The number of aromatic nitrogens is 2. The van der Waals surface area contributed by atoms with Crippen LogP contribution in [0.3, 0.4) is 0 Å². The molecule has 0 aliphatic carbocycles. The summed E-state index contributed by atoms with van der Waals surface area (Å²) < 4.78 is 2.01. The molecule has 0 spiro atoms. The van der Waals surface area contributed by atoms with Crippen molar-refractivity contribution in [2.45, 2.75) is 5.92 Å². The standard InChI is InChI=1S/C18H11Br2N3/c19-10-1-3-17-12(5-10)15(8-22-17)14(7-21)16-9-23-18-4-2-11(20)6-13(16)18/h1-6,8-9,14,22-23H. The second kappa shape index (κ2) is 5.55. The van der Waals surface area contributed by atoms with E-state index >= 15 is 0 Å². The molecule has 0 fully saturated rings. The fourth-order valence-corrected chi connectivity index (χ4v) is 3.74. The van der Waals surface area contributed by atoms with Gasteiger partial charge >= 0.3 is 0 Å². The summed E-state index contributed by atoms with van der Waals surface area (Å²) in [6, 6.07) is 14.6. The second-order valence-electron chi connectivity index (χ2n) is 5.43. The third-order valence-corrected chi connectivity index (χ3v) is 5.09. The van der Waals surface area contributed by atoms with Crippen molar-refractivity contribution in [1.29, 1.82) is 5.26 Å². The van der Waals surface area contributed by atoms with Crippen LogP contribution in [0.25, 0.3) is 21.8 Å². The topological polar surface area (TPSA) is 55.4 Å². The van der Waals surface area contributed by atoms with Crippen molar-refractivity contribution in [3.63, 3.8) is 0 Å². The van der Waals surface area contributed by atoms with Gasteiger partial charge in [-0.3, -0.25) is 0 Å². The van der Waals surface area contributed by atoms with Gasteiger partial charge in [0.1, 0.15) is 5.92 Å². The van der Waals surface area contributed by atoms with Crippen molar-refractivity contribution >= 4 is 53.7 Å². The lowest BCUT2D eigenvalue weighted by Gasteiger charge is -2.08. The largest absolute Gasteiger partial charge is 0.361 e. The van der Waals surface area contributed by atoms with Crippen LogP contribution in [0.15, 0.2) is 57.7 Å². The van der Waals surface area contributed by atoms with Gasteiger partial charge in [0.25, 0.3) is 0 Å². The number of aromatic amines is 2. The van der Waals surface area contributed by atoms with Gasteiger partial charge in [-0.1, -0.05) is 31.9 Å². The Morgan fingerprint density at radius 1 is 0.826 bits per heavy atom. The number of rotatable bonds is 2. The Labute approximate surface area is 149 Å². The van der Waals surface area contributed by atoms with Crippen LogP contribution in [-0.2, 0) is 0 Å². The van der Waals surface area contributed by atoms with Crippen LogP contribution in [0.4, 0.5) is 0 Å². The number of nitriles is 1. The van der Waals surface area contributed by atoms with E-state index in [-0.39, 0.29) is 5.92 Å². The molecule has 0 atom stereocenters. The fraction of sp³-hybridized carbons (Fsp3) is 0.0556. The summed E-state index contributed by atoms with van der Waals surface area (Å²) in [7, 11) is 0. The Morgan fingerprint density at radius 3 is 1.74 bits per heavy atom. The van der Waals surface area contributed by atoms with Gasteiger partial charge < -0.3 is 9.97 Å². The highest BCUT2D eigenvalue weighted by molar-refractivity contribution is 9.10. The molecule has 0 aliphatic heterocycles. The molecule has 0 saturated carbocycles. The number of benzene rings is 2. The summed E-state index contributed by atoms with van der Waals surface area (Å²) in [5.41, 5.74) is 4.04. The molecule has 0 unspecified atom stereocenters.